The minimum absolute atomic E-state index is 0.0650. The van der Waals surface area contributed by atoms with E-state index in [4.69, 9.17) is 10.7 Å². The maximum Gasteiger partial charge on any atom is 0.128 e. The molecule has 2 aromatic carbocycles. The summed E-state index contributed by atoms with van der Waals surface area (Å²) in [5, 5.41) is 3.91. The second-order valence-electron chi connectivity index (χ2n) is 12.1. The molecule has 2 N–H and O–H groups in total. The highest BCUT2D eigenvalue weighted by atomic mass is 32.1. The Hall–Kier alpha value is -4.19. The molecule has 0 radical (unpaired) electrons. The third-order valence-corrected chi connectivity index (χ3v) is 11.8. The number of benzene rings is 2. The van der Waals surface area contributed by atoms with E-state index >= 15 is 0 Å². The van der Waals surface area contributed by atoms with E-state index in [0.29, 0.717) is 5.84 Å². The molecule has 0 aliphatic heterocycles. The van der Waals surface area contributed by atoms with Crippen LogP contribution in [0.2, 0.25) is 0 Å². The molecular formula is C43H47N3S2. The molecule has 1 atom stereocenters. The highest BCUT2D eigenvalue weighted by Crippen LogP contribution is 2.45. The van der Waals surface area contributed by atoms with Crippen LogP contribution in [0.5, 0.6) is 0 Å². The van der Waals surface area contributed by atoms with E-state index < -0.39 is 0 Å². The van der Waals surface area contributed by atoms with Gasteiger partial charge in [-0.3, -0.25) is 4.99 Å². The van der Waals surface area contributed by atoms with Gasteiger partial charge in [-0.25, -0.2) is 0 Å². The molecule has 3 aliphatic carbocycles. The minimum atomic E-state index is 0.0650. The second kappa shape index (κ2) is 14.5. The van der Waals surface area contributed by atoms with E-state index in [1.165, 1.54) is 57.7 Å². The van der Waals surface area contributed by atoms with Crippen LogP contribution in [-0.4, -0.2) is 16.4 Å². The van der Waals surface area contributed by atoms with Crippen LogP contribution >= 0.6 is 22.7 Å². The normalized spacial score (nSPS) is 16.6. The molecular weight excluding hydrogens is 623 g/mol. The fourth-order valence-electron chi connectivity index (χ4n) is 7.06. The smallest absolute Gasteiger partial charge is 0.128 e. The lowest BCUT2D eigenvalue weighted by Crippen LogP contribution is -2.18. The van der Waals surface area contributed by atoms with E-state index in [-0.39, 0.29) is 6.04 Å². The van der Waals surface area contributed by atoms with Crippen LogP contribution in [0.25, 0.3) is 55.7 Å². The Morgan fingerprint density at radius 3 is 2.54 bits per heavy atom. The fraction of sp³-hybridized carbons (Fsp3) is 0.279. The maximum absolute atomic E-state index is 6.86. The SMILES string of the molecule is C=C(/C=C\c1sc2c(c1C)C=CCC2)c1ccc2c(c1)c1c3c4c(sc3cc(C(N)=NC3C=CC=CC3)c1n2C)C=CCC4.CC.CC. The van der Waals surface area contributed by atoms with Crippen LogP contribution in [0.4, 0.5) is 0 Å². The number of aromatic nitrogens is 1. The number of nitrogens with zero attached hydrogens (tertiary/aromatic N) is 2. The molecule has 3 heterocycles. The standard InChI is InChI=1S/C39H35N3S2.2C2H6/c1-23(17-20-32-24(2)27-13-7-9-15-33(27)43-32)25-18-19-31-29(21-25)37-36-28-14-8-10-16-34(28)44-35(36)22-30(38(37)42(31)3)39(40)41-26-11-5-4-6-12-26;2*1-2/h4-7,10-11,13,16-22,26H,1,8-9,12,14-15H2,2-3H3,(H2,40,41);2*1-2H3/b20-17-;;. The molecule has 0 spiro atoms. The van der Waals surface area contributed by atoms with Crippen molar-refractivity contribution in [3.63, 3.8) is 0 Å². The number of rotatable bonds is 5. The third-order valence-electron chi connectivity index (χ3n) is 9.35. The summed E-state index contributed by atoms with van der Waals surface area (Å²) in [7, 11) is 2.17. The number of nitrogens with two attached hydrogens (primary N) is 1. The highest BCUT2D eigenvalue weighted by Gasteiger charge is 2.24. The average molecular weight is 670 g/mol. The van der Waals surface area contributed by atoms with Gasteiger partial charge >= 0.3 is 0 Å². The van der Waals surface area contributed by atoms with Crippen molar-refractivity contribution in [3.05, 3.63) is 116 Å². The first-order valence-corrected chi connectivity index (χ1v) is 19.1. The van der Waals surface area contributed by atoms with Crippen LogP contribution in [0, 0.1) is 6.92 Å². The molecule has 3 aromatic heterocycles. The van der Waals surface area contributed by atoms with Gasteiger partial charge in [0.1, 0.15) is 5.84 Å². The zero-order valence-electron chi connectivity index (χ0n) is 29.2. The molecule has 48 heavy (non-hydrogen) atoms. The lowest BCUT2D eigenvalue weighted by Gasteiger charge is -2.12. The quantitative estimate of drug-likeness (QED) is 0.113. The number of fused-ring (bicyclic) bond motifs is 8. The molecule has 246 valence electrons. The average Bonchev–Trinajstić information content (AvgIpc) is 3.77. The van der Waals surface area contributed by atoms with Crippen molar-refractivity contribution < 1.29 is 0 Å². The van der Waals surface area contributed by atoms with Crippen molar-refractivity contribution in [2.24, 2.45) is 17.8 Å². The summed E-state index contributed by atoms with van der Waals surface area (Å²) in [4.78, 5) is 9.19. The Kier molecular flexibility index (Phi) is 10.2. The number of aliphatic imine (C=N–C) groups is 1. The predicted octanol–water partition coefficient (Wildman–Crippen LogP) is 12.2. The monoisotopic (exact) mass is 669 g/mol. The van der Waals surface area contributed by atoms with Gasteiger partial charge in [0, 0.05) is 53.6 Å². The van der Waals surface area contributed by atoms with Crippen LogP contribution in [0.15, 0.2) is 78.4 Å². The molecule has 0 saturated carbocycles. The van der Waals surface area contributed by atoms with Gasteiger partial charge in [-0.15, -0.1) is 22.7 Å². The van der Waals surface area contributed by atoms with Crippen LogP contribution in [0.1, 0.15) is 89.4 Å². The predicted molar refractivity (Wildman–Crippen MR) is 218 cm³/mol. The zero-order chi connectivity index (χ0) is 33.9. The molecule has 5 heteroatoms. The molecule has 5 aromatic rings. The topological polar surface area (TPSA) is 43.3 Å². The lowest BCUT2D eigenvalue weighted by atomic mass is 9.95. The molecule has 8 rings (SSSR count). The zero-order valence-corrected chi connectivity index (χ0v) is 30.8. The molecule has 3 aliphatic rings. The van der Waals surface area contributed by atoms with E-state index in [1.54, 1.807) is 0 Å². The summed E-state index contributed by atoms with van der Waals surface area (Å²) >= 11 is 3.80. The Morgan fingerprint density at radius 2 is 1.77 bits per heavy atom. The van der Waals surface area contributed by atoms with Gasteiger partial charge in [0.2, 0.25) is 0 Å². The Morgan fingerprint density at radius 1 is 0.979 bits per heavy atom. The second-order valence-corrected chi connectivity index (χ2v) is 14.3. The van der Waals surface area contributed by atoms with E-state index in [2.05, 4.69) is 110 Å². The van der Waals surface area contributed by atoms with Gasteiger partial charge < -0.3 is 10.3 Å². The number of hydrogen-bond donors (Lipinski definition) is 1. The van der Waals surface area contributed by atoms with Crippen molar-refractivity contribution in [1.82, 2.24) is 4.57 Å². The molecule has 0 saturated heterocycles. The fourth-order valence-corrected chi connectivity index (χ4v) is 9.50. The summed E-state index contributed by atoms with van der Waals surface area (Å²) in [5.41, 5.74) is 16.6. The minimum Gasteiger partial charge on any atom is -0.383 e. The first-order valence-electron chi connectivity index (χ1n) is 17.5. The summed E-state index contributed by atoms with van der Waals surface area (Å²) < 4.78 is 3.60. The Balaban J connectivity index is 0.000000969. The number of amidine groups is 1. The molecule has 1 unspecified atom stereocenters. The van der Waals surface area contributed by atoms with Crippen LogP contribution in [-0.2, 0) is 19.9 Å². The van der Waals surface area contributed by atoms with Gasteiger partial charge in [-0.1, -0.05) is 88.9 Å². The van der Waals surface area contributed by atoms with Crippen molar-refractivity contribution in [3.8, 4) is 0 Å². The van der Waals surface area contributed by atoms with Gasteiger partial charge in [0.25, 0.3) is 0 Å². The number of hydrogen-bond acceptors (Lipinski definition) is 3. The van der Waals surface area contributed by atoms with Crippen molar-refractivity contribution >= 4 is 84.2 Å². The largest absolute Gasteiger partial charge is 0.383 e. The van der Waals surface area contributed by atoms with Gasteiger partial charge in [0.15, 0.2) is 0 Å². The van der Waals surface area contributed by atoms with Crippen LogP contribution < -0.4 is 5.73 Å². The Bertz CT molecular complexity index is 2200. The first kappa shape index (κ1) is 33.7. The van der Waals surface area contributed by atoms with E-state index in [9.17, 15) is 0 Å². The lowest BCUT2D eigenvalue weighted by molar-refractivity contribution is 0.826. The molecule has 0 amide bonds. The van der Waals surface area contributed by atoms with Crippen molar-refractivity contribution in [1.29, 1.82) is 0 Å². The van der Waals surface area contributed by atoms with E-state index in [0.717, 1.165) is 54.3 Å². The highest BCUT2D eigenvalue weighted by molar-refractivity contribution is 7.20. The van der Waals surface area contributed by atoms with Crippen molar-refractivity contribution in [2.45, 2.75) is 72.8 Å². The summed E-state index contributed by atoms with van der Waals surface area (Å²) in [6, 6.07) is 9.15. The number of aryl methyl sites for hydroxylation is 3. The number of thiophene rings is 2. The number of allylic oxidation sites excluding steroid dienone is 6. The summed E-state index contributed by atoms with van der Waals surface area (Å²) in [6.07, 6.45) is 27.4. The van der Waals surface area contributed by atoms with Gasteiger partial charge in [0.05, 0.1) is 11.6 Å². The molecule has 0 fully saturated rings. The first-order chi connectivity index (χ1) is 23.5. The van der Waals surface area contributed by atoms with Crippen molar-refractivity contribution in [2.75, 3.05) is 0 Å². The maximum atomic E-state index is 6.86. The van der Waals surface area contributed by atoms with E-state index in [1.807, 2.05) is 50.4 Å². The Labute approximate surface area is 293 Å². The molecule has 0 bridgehead atoms. The van der Waals surface area contributed by atoms with Gasteiger partial charge in [-0.2, -0.15) is 0 Å². The molecule has 3 nitrogen and oxygen atoms in total. The summed E-state index contributed by atoms with van der Waals surface area (Å²) in [5.74, 6) is 0.603. The van der Waals surface area contributed by atoms with Gasteiger partial charge in [-0.05, 0) is 97.2 Å². The summed E-state index contributed by atoms with van der Waals surface area (Å²) in [6.45, 7) is 14.8. The van der Waals surface area contributed by atoms with Crippen LogP contribution in [0.3, 0.4) is 0 Å². The third kappa shape index (κ3) is 5.99.